The van der Waals surface area contributed by atoms with Crippen LogP contribution in [0.3, 0.4) is 0 Å². The standard InChI is InChI=1S/C8H12O2/c1-5-3-6(2)8(10)4-7(5)9/h4-6,9H,3H2,1-2H3. The van der Waals surface area contributed by atoms with Crippen molar-refractivity contribution in [3.8, 4) is 0 Å². The van der Waals surface area contributed by atoms with Crippen LogP contribution >= 0.6 is 0 Å². The van der Waals surface area contributed by atoms with E-state index in [1.165, 1.54) is 6.08 Å². The highest BCUT2D eigenvalue weighted by Gasteiger charge is 2.23. The van der Waals surface area contributed by atoms with Crippen molar-refractivity contribution in [1.82, 2.24) is 0 Å². The Bertz CT molecular complexity index is 182. The average molecular weight is 140 g/mol. The molecule has 2 atom stereocenters. The SMILES string of the molecule is CC1CC(C)C(O)=CC1=O. The summed E-state index contributed by atoms with van der Waals surface area (Å²) in [4.78, 5) is 10.9. The molecule has 2 heteroatoms. The maximum atomic E-state index is 10.9. The smallest absolute Gasteiger partial charge is 0.161 e. The summed E-state index contributed by atoms with van der Waals surface area (Å²) < 4.78 is 0. The molecule has 2 nitrogen and oxygen atoms in total. The summed E-state index contributed by atoms with van der Waals surface area (Å²) in [6.07, 6.45) is 2.12. The van der Waals surface area contributed by atoms with Gasteiger partial charge in [0.1, 0.15) is 0 Å². The molecule has 10 heavy (non-hydrogen) atoms. The Hall–Kier alpha value is -0.790. The van der Waals surface area contributed by atoms with Crippen LogP contribution in [0.25, 0.3) is 0 Å². The lowest BCUT2D eigenvalue weighted by Crippen LogP contribution is -2.19. The summed E-state index contributed by atoms with van der Waals surface area (Å²) in [5, 5.41) is 9.11. The number of aliphatic hydroxyl groups excluding tert-OH is 1. The molecule has 1 rings (SSSR count). The molecule has 56 valence electrons. The van der Waals surface area contributed by atoms with Crippen LogP contribution < -0.4 is 0 Å². The summed E-state index contributed by atoms with van der Waals surface area (Å²) in [5.41, 5.74) is 0. The van der Waals surface area contributed by atoms with E-state index in [9.17, 15) is 4.79 Å². The van der Waals surface area contributed by atoms with E-state index in [1.807, 2.05) is 13.8 Å². The molecule has 0 saturated heterocycles. The molecule has 0 radical (unpaired) electrons. The second-order valence-electron chi connectivity index (χ2n) is 3.01. The fourth-order valence-electron chi connectivity index (χ4n) is 1.20. The van der Waals surface area contributed by atoms with Crippen LogP contribution in [0.1, 0.15) is 20.3 Å². The van der Waals surface area contributed by atoms with Gasteiger partial charge in [-0.1, -0.05) is 13.8 Å². The number of hydrogen-bond acceptors (Lipinski definition) is 2. The third-order valence-electron chi connectivity index (χ3n) is 1.99. The zero-order chi connectivity index (χ0) is 7.72. The normalized spacial score (nSPS) is 33.8. The van der Waals surface area contributed by atoms with Gasteiger partial charge in [0, 0.05) is 17.9 Å². The van der Waals surface area contributed by atoms with Gasteiger partial charge in [0.05, 0.1) is 5.76 Å². The largest absolute Gasteiger partial charge is 0.512 e. The van der Waals surface area contributed by atoms with Crippen LogP contribution in [0, 0.1) is 11.8 Å². The van der Waals surface area contributed by atoms with Gasteiger partial charge in [-0.25, -0.2) is 0 Å². The van der Waals surface area contributed by atoms with Gasteiger partial charge in [0.15, 0.2) is 5.78 Å². The Labute approximate surface area is 60.6 Å². The molecule has 0 aromatic rings. The molecule has 0 saturated carbocycles. The summed E-state index contributed by atoms with van der Waals surface area (Å²) >= 11 is 0. The zero-order valence-electron chi connectivity index (χ0n) is 6.29. The van der Waals surface area contributed by atoms with Gasteiger partial charge >= 0.3 is 0 Å². The minimum absolute atomic E-state index is 0.0515. The van der Waals surface area contributed by atoms with E-state index in [4.69, 9.17) is 5.11 Å². The summed E-state index contributed by atoms with van der Waals surface area (Å²) in [6.45, 7) is 3.82. The van der Waals surface area contributed by atoms with E-state index in [0.717, 1.165) is 6.42 Å². The average Bonchev–Trinajstić information content (AvgIpc) is 1.84. The van der Waals surface area contributed by atoms with Crippen molar-refractivity contribution in [2.75, 3.05) is 0 Å². The highest BCUT2D eigenvalue weighted by molar-refractivity contribution is 5.92. The molecule has 0 fully saturated rings. The van der Waals surface area contributed by atoms with E-state index in [1.54, 1.807) is 0 Å². The molecule has 0 amide bonds. The predicted octanol–water partition coefficient (Wildman–Crippen LogP) is 1.67. The van der Waals surface area contributed by atoms with E-state index in [-0.39, 0.29) is 23.4 Å². The Kier molecular flexibility index (Phi) is 1.79. The summed E-state index contributed by atoms with van der Waals surface area (Å²) in [6, 6.07) is 0. The third kappa shape index (κ3) is 1.20. The Morgan fingerprint density at radius 3 is 2.60 bits per heavy atom. The number of rotatable bonds is 0. The van der Waals surface area contributed by atoms with Gasteiger partial charge < -0.3 is 5.11 Å². The van der Waals surface area contributed by atoms with Gasteiger partial charge in [0.25, 0.3) is 0 Å². The van der Waals surface area contributed by atoms with Crippen molar-refractivity contribution in [1.29, 1.82) is 0 Å². The lowest BCUT2D eigenvalue weighted by molar-refractivity contribution is -0.119. The number of allylic oxidation sites excluding steroid dienone is 2. The van der Waals surface area contributed by atoms with Crippen molar-refractivity contribution in [2.45, 2.75) is 20.3 Å². The van der Waals surface area contributed by atoms with Gasteiger partial charge in [-0.3, -0.25) is 4.79 Å². The molecule has 0 aliphatic heterocycles. The lowest BCUT2D eigenvalue weighted by Gasteiger charge is -2.19. The maximum absolute atomic E-state index is 10.9. The second kappa shape index (κ2) is 2.45. The van der Waals surface area contributed by atoms with E-state index >= 15 is 0 Å². The molecular weight excluding hydrogens is 128 g/mol. The maximum Gasteiger partial charge on any atom is 0.161 e. The van der Waals surface area contributed by atoms with Gasteiger partial charge in [-0.05, 0) is 6.42 Å². The molecule has 2 unspecified atom stereocenters. The molecule has 1 aliphatic rings. The van der Waals surface area contributed by atoms with E-state index in [0.29, 0.717) is 0 Å². The van der Waals surface area contributed by atoms with Crippen LogP contribution in [0.4, 0.5) is 0 Å². The molecule has 0 aromatic heterocycles. The monoisotopic (exact) mass is 140 g/mol. The highest BCUT2D eigenvalue weighted by atomic mass is 16.3. The lowest BCUT2D eigenvalue weighted by atomic mass is 9.87. The first-order chi connectivity index (χ1) is 4.61. The van der Waals surface area contributed by atoms with Gasteiger partial charge in [-0.2, -0.15) is 0 Å². The molecule has 1 N–H and O–H groups in total. The number of ketones is 1. The van der Waals surface area contributed by atoms with Crippen LogP contribution in [-0.2, 0) is 4.79 Å². The van der Waals surface area contributed by atoms with Crippen molar-refractivity contribution in [2.24, 2.45) is 11.8 Å². The van der Waals surface area contributed by atoms with Crippen LogP contribution in [0.2, 0.25) is 0 Å². The predicted molar refractivity (Wildman–Crippen MR) is 38.7 cm³/mol. The second-order valence-corrected chi connectivity index (χ2v) is 3.01. The van der Waals surface area contributed by atoms with E-state index < -0.39 is 0 Å². The molecule has 0 bridgehead atoms. The number of carbonyl (C=O) groups excluding carboxylic acids is 1. The minimum atomic E-state index is 0.0515. The van der Waals surface area contributed by atoms with E-state index in [2.05, 4.69) is 0 Å². The fraction of sp³-hybridized carbons (Fsp3) is 0.625. The number of carbonyl (C=O) groups is 1. The quantitative estimate of drug-likeness (QED) is 0.555. The minimum Gasteiger partial charge on any atom is -0.512 e. The summed E-state index contributed by atoms with van der Waals surface area (Å²) in [7, 11) is 0. The first-order valence-electron chi connectivity index (χ1n) is 3.55. The Morgan fingerprint density at radius 2 is 2.10 bits per heavy atom. The van der Waals surface area contributed by atoms with Crippen molar-refractivity contribution in [3.63, 3.8) is 0 Å². The van der Waals surface area contributed by atoms with Crippen molar-refractivity contribution in [3.05, 3.63) is 11.8 Å². The van der Waals surface area contributed by atoms with Crippen LogP contribution in [-0.4, -0.2) is 10.9 Å². The first kappa shape index (κ1) is 7.32. The molecule has 1 aliphatic carbocycles. The van der Waals surface area contributed by atoms with Crippen molar-refractivity contribution >= 4 is 5.78 Å². The zero-order valence-corrected chi connectivity index (χ0v) is 6.29. The molecule has 0 aromatic carbocycles. The fourth-order valence-corrected chi connectivity index (χ4v) is 1.20. The molecular formula is C8H12O2. The molecule has 0 heterocycles. The molecule has 0 spiro atoms. The first-order valence-corrected chi connectivity index (χ1v) is 3.55. The topological polar surface area (TPSA) is 37.3 Å². The Morgan fingerprint density at radius 1 is 1.50 bits per heavy atom. The number of hydrogen-bond donors (Lipinski definition) is 1. The third-order valence-corrected chi connectivity index (χ3v) is 1.99. The van der Waals surface area contributed by atoms with Crippen molar-refractivity contribution < 1.29 is 9.90 Å². The Balaban J connectivity index is 2.79. The van der Waals surface area contributed by atoms with Crippen LogP contribution in [0.15, 0.2) is 11.8 Å². The highest BCUT2D eigenvalue weighted by Crippen LogP contribution is 2.24. The van der Waals surface area contributed by atoms with Gasteiger partial charge in [0.2, 0.25) is 0 Å². The van der Waals surface area contributed by atoms with Gasteiger partial charge in [-0.15, -0.1) is 0 Å². The summed E-state index contributed by atoms with van der Waals surface area (Å²) in [5.74, 6) is 0.539. The van der Waals surface area contributed by atoms with Crippen LogP contribution in [0.5, 0.6) is 0 Å². The number of aliphatic hydroxyl groups is 1.